The van der Waals surface area contributed by atoms with E-state index in [2.05, 4.69) is 36.9 Å². The Morgan fingerprint density at radius 3 is 2.38 bits per heavy atom. The Hall–Kier alpha value is 0.570. The number of rotatable bonds is 1. The zero-order valence-corrected chi connectivity index (χ0v) is 6.73. The Morgan fingerprint density at radius 2 is 2.00 bits per heavy atom. The molecule has 0 amide bonds. The van der Waals surface area contributed by atoms with Crippen molar-refractivity contribution in [2.45, 2.75) is 17.9 Å². The average molecular weight is 147 g/mol. The Morgan fingerprint density at radius 1 is 1.38 bits per heavy atom. The van der Waals surface area contributed by atoms with Crippen LogP contribution in [0.25, 0.3) is 0 Å². The van der Waals surface area contributed by atoms with Crippen molar-refractivity contribution in [1.82, 2.24) is 0 Å². The predicted molar refractivity (Wildman–Crippen MR) is 43.3 cm³/mol. The summed E-state index contributed by atoms with van der Waals surface area (Å²) in [5.74, 6) is 2.73. The first-order valence-electron chi connectivity index (χ1n) is 2.96. The highest BCUT2D eigenvalue weighted by molar-refractivity contribution is 8.17. The van der Waals surface area contributed by atoms with E-state index in [1.807, 2.05) is 0 Å². The Bertz CT molecular complexity index is 57.5. The molecule has 0 aromatic heterocycles. The molecule has 1 fully saturated rings. The van der Waals surface area contributed by atoms with Crippen molar-refractivity contribution in [3.05, 3.63) is 6.42 Å². The van der Waals surface area contributed by atoms with Gasteiger partial charge in [-0.3, -0.25) is 0 Å². The van der Waals surface area contributed by atoms with Gasteiger partial charge in [-0.05, 0) is 17.9 Å². The highest BCUT2D eigenvalue weighted by Gasteiger charge is 2.17. The van der Waals surface area contributed by atoms with Crippen LogP contribution in [-0.2, 0) is 0 Å². The SMILES string of the molecule is C[CH+]C1SCCCS1. The first-order valence-corrected chi connectivity index (χ1v) is 5.06. The van der Waals surface area contributed by atoms with E-state index in [0.29, 0.717) is 0 Å². The molecule has 0 aliphatic carbocycles. The third kappa shape index (κ3) is 1.82. The number of hydrogen-bond donors (Lipinski definition) is 0. The smallest absolute Gasteiger partial charge is 0.0995 e. The van der Waals surface area contributed by atoms with Gasteiger partial charge in [-0.15, -0.1) is 0 Å². The molecule has 0 aromatic rings. The maximum absolute atomic E-state index is 2.29. The summed E-state index contributed by atoms with van der Waals surface area (Å²) in [5, 5.41) is 0. The van der Waals surface area contributed by atoms with Crippen LogP contribution >= 0.6 is 23.5 Å². The molecule has 0 bridgehead atoms. The summed E-state index contributed by atoms with van der Waals surface area (Å²) in [6.07, 6.45) is 3.69. The van der Waals surface area contributed by atoms with E-state index in [1.54, 1.807) is 0 Å². The fourth-order valence-electron chi connectivity index (χ4n) is 0.698. The largest absolute Gasteiger partial charge is 0.188 e. The van der Waals surface area contributed by atoms with E-state index in [9.17, 15) is 0 Å². The molecule has 46 valence electrons. The fraction of sp³-hybridized carbons (Fsp3) is 0.833. The van der Waals surface area contributed by atoms with Gasteiger partial charge in [-0.25, -0.2) is 0 Å². The zero-order valence-electron chi connectivity index (χ0n) is 5.09. The summed E-state index contributed by atoms with van der Waals surface area (Å²) in [4.78, 5) is 0. The molecule has 1 aliphatic heterocycles. The van der Waals surface area contributed by atoms with Gasteiger partial charge in [0.25, 0.3) is 0 Å². The van der Waals surface area contributed by atoms with Crippen LogP contribution in [0.2, 0.25) is 0 Å². The lowest BCUT2D eigenvalue weighted by molar-refractivity contribution is 1.10. The van der Waals surface area contributed by atoms with E-state index < -0.39 is 0 Å². The molecule has 1 heterocycles. The lowest BCUT2D eigenvalue weighted by Crippen LogP contribution is -2.04. The van der Waals surface area contributed by atoms with Gasteiger partial charge < -0.3 is 0 Å². The van der Waals surface area contributed by atoms with Crippen LogP contribution < -0.4 is 0 Å². The van der Waals surface area contributed by atoms with Crippen LogP contribution in [0.4, 0.5) is 0 Å². The minimum Gasteiger partial charge on any atom is -0.0995 e. The molecule has 1 saturated heterocycles. The molecular formula is C6H11S2+. The van der Waals surface area contributed by atoms with Crippen molar-refractivity contribution in [3.63, 3.8) is 0 Å². The second-order valence-corrected chi connectivity index (χ2v) is 4.59. The minimum absolute atomic E-state index is 0.795. The summed E-state index contributed by atoms with van der Waals surface area (Å²) in [7, 11) is 0. The average Bonchev–Trinajstić information content (AvgIpc) is 1.90. The summed E-state index contributed by atoms with van der Waals surface area (Å²) in [5.41, 5.74) is 0. The van der Waals surface area contributed by atoms with Crippen LogP contribution in [0, 0.1) is 6.42 Å². The molecule has 0 saturated carbocycles. The zero-order chi connectivity index (χ0) is 5.82. The van der Waals surface area contributed by atoms with Gasteiger partial charge in [0.05, 0.1) is 13.3 Å². The maximum Gasteiger partial charge on any atom is 0.188 e. The fourth-order valence-corrected chi connectivity index (χ4v) is 3.31. The van der Waals surface area contributed by atoms with Gasteiger partial charge in [0.1, 0.15) is 0 Å². The quantitative estimate of drug-likeness (QED) is 0.522. The highest BCUT2D eigenvalue weighted by atomic mass is 32.2. The van der Waals surface area contributed by atoms with Crippen LogP contribution in [0.5, 0.6) is 0 Å². The molecule has 0 N–H and O–H groups in total. The van der Waals surface area contributed by atoms with E-state index in [1.165, 1.54) is 17.9 Å². The van der Waals surface area contributed by atoms with Gasteiger partial charge >= 0.3 is 0 Å². The first-order chi connectivity index (χ1) is 3.93. The second kappa shape index (κ2) is 3.57. The molecule has 0 radical (unpaired) electrons. The lowest BCUT2D eigenvalue weighted by atomic mass is 10.5. The first kappa shape index (κ1) is 6.69. The highest BCUT2D eigenvalue weighted by Crippen LogP contribution is 2.31. The second-order valence-electron chi connectivity index (χ2n) is 1.80. The third-order valence-corrected chi connectivity index (χ3v) is 4.19. The molecule has 0 nitrogen and oxygen atoms in total. The third-order valence-electron chi connectivity index (χ3n) is 1.13. The van der Waals surface area contributed by atoms with Gasteiger partial charge in [0, 0.05) is 0 Å². The Balaban J connectivity index is 2.13. The monoisotopic (exact) mass is 147 g/mol. The van der Waals surface area contributed by atoms with E-state index in [-0.39, 0.29) is 0 Å². The van der Waals surface area contributed by atoms with E-state index in [0.717, 1.165) is 4.58 Å². The van der Waals surface area contributed by atoms with Gasteiger partial charge in [0.2, 0.25) is 0 Å². The molecule has 1 rings (SSSR count). The summed E-state index contributed by atoms with van der Waals surface area (Å²) < 4.78 is 0.795. The van der Waals surface area contributed by atoms with E-state index >= 15 is 0 Å². The van der Waals surface area contributed by atoms with Crippen molar-refractivity contribution >= 4 is 23.5 Å². The van der Waals surface area contributed by atoms with Gasteiger partial charge in [-0.1, -0.05) is 23.5 Å². The van der Waals surface area contributed by atoms with Crippen molar-refractivity contribution in [1.29, 1.82) is 0 Å². The maximum atomic E-state index is 2.29. The topological polar surface area (TPSA) is 0 Å². The molecule has 0 aromatic carbocycles. The van der Waals surface area contributed by atoms with Crippen molar-refractivity contribution in [2.75, 3.05) is 11.5 Å². The number of thioether (sulfide) groups is 2. The lowest BCUT2D eigenvalue weighted by Gasteiger charge is -2.12. The molecule has 8 heavy (non-hydrogen) atoms. The van der Waals surface area contributed by atoms with Crippen LogP contribution in [0.15, 0.2) is 0 Å². The molecular weight excluding hydrogens is 136 g/mol. The molecule has 2 heteroatoms. The predicted octanol–water partition coefficient (Wildman–Crippen LogP) is 2.41. The summed E-state index contributed by atoms with van der Waals surface area (Å²) in [6, 6.07) is 0. The van der Waals surface area contributed by atoms with Crippen LogP contribution in [-0.4, -0.2) is 16.1 Å². The molecule has 0 unspecified atom stereocenters. The van der Waals surface area contributed by atoms with Crippen molar-refractivity contribution in [3.8, 4) is 0 Å². The molecule has 1 aliphatic rings. The van der Waals surface area contributed by atoms with Crippen molar-refractivity contribution < 1.29 is 0 Å². The van der Waals surface area contributed by atoms with Crippen LogP contribution in [0.1, 0.15) is 13.3 Å². The standard InChI is InChI=1S/C6H11S2/c1-2-6-7-4-3-5-8-6/h2,6H,3-5H2,1H3/q+1. The van der Waals surface area contributed by atoms with Crippen LogP contribution in [0.3, 0.4) is 0 Å². The summed E-state index contributed by atoms with van der Waals surface area (Å²) >= 11 is 4.14. The van der Waals surface area contributed by atoms with Gasteiger partial charge in [-0.2, -0.15) is 0 Å². The van der Waals surface area contributed by atoms with E-state index in [4.69, 9.17) is 0 Å². The van der Waals surface area contributed by atoms with Gasteiger partial charge in [0.15, 0.2) is 4.58 Å². The Labute approximate surface area is 59.8 Å². The normalized spacial score (nSPS) is 23.1. The minimum atomic E-state index is 0.795. The Kier molecular flexibility index (Phi) is 2.98. The number of hydrogen-bond acceptors (Lipinski definition) is 2. The molecule has 0 atom stereocenters. The molecule has 0 spiro atoms. The summed E-state index contributed by atoms with van der Waals surface area (Å²) in [6.45, 7) is 2.15. The van der Waals surface area contributed by atoms with Crippen molar-refractivity contribution in [2.24, 2.45) is 0 Å².